The number of hydrogen-bond acceptors (Lipinski definition) is 5. The molecule has 0 saturated heterocycles. The number of carbonyl (C=O) groups is 2. The highest BCUT2D eigenvalue weighted by molar-refractivity contribution is 6.30. The van der Waals surface area contributed by atoms with E-state index in [4.69, 9.17) is 16.3 Å². The fourth-order valence-corrected chi connectivity index (χ4v) is 2.58. The number of carbonyl (C=O) groups excluding carboxylic acids is 2. The highest BCUT2D eigenvalue weighted by atomic mass is 35.5. The molecule has 0 radical (unpaired) electrons. The van der Waals surface area contributed by atoms with E-state index in [1.807, 2.05) is 25.1 Å². The van der Waals surface area contributed by atoms with E-state index in [0.717, 1.165) is 5.56 Å². The van der Waals surface area contributed by atoms with Gasteiger partial charge in [-0.2, -0.15) is 5.26 Å². The predicted octanol–water partition coefficient (Wildman–Crippen LogP) is 3.97. The van der Waals surface area contributed by atoms with Crippen molar-refractivity contribution in [2.45, 2.75) is 19.9 Å². The van der Waals surface area contributed by atoms with Crippen LogP contribution in [-0.2, 0) is 11.3 Å². The number of imide groups is 1. The predicted molar refractivity (Wildman–Crippen MR) is 111 cm³/mol. The molecule has 3 N–H and O–H groups in total. The third-order valence-electron chi connectivity index (χ3n) is 3.99. The quantitative estimate of drug-likeness (QED) is 0.471. The second-order valence-corrected chi connectivity index (χ2v) is 6.37. The molecule has 0 fully saturated rings. The smallest absolute Gasteiger partial charge is 0.326 e. The summed E-state index contributed by atoms with van der Waals surface area (Å²) in [5.74, 6) is -0.139. The number of halogens is 1. The zero-order valence-corrected chi connectivity index (χ0v) is 16.8. The molecule has 0 spiro atoms. The number of methoxy groups -OCH3 is 1. The van der Waals surface area contributed by atoms with Crippen LogP contribution in [0.2, 0.25) is 5.02 Å². The number of urea groups is 1. The van der Waals surface area contributed by atoms with Crippen molar-refractivity contribution in [3.63, 3.8) is 0 Å². The third kappa shape index (κ3) is 6.55. The van der Waals surface area contributed by atoms with E-state index in [-0.39, 0.29) is 5.57 Å². The molecule has 2 aromatic rings. The minimum Gasteiger partial charge on any atom is -0.497 e. The van der Waals surface area contributed by atoms with E-state index < -0.39 is 11.9 Å². The van der Waals surface area contributed by atoms with Gasteiger partial charge in [0.1, 0.15) is 17.4 Å². The molecular weight excluding hydrogens is 392 g/mol. The monoisotopic (exact) mass is 412 g/mol. The number of anilines is 1. The summed E-state index contributed by atoms with van der Waals surface area (Å²) in [6.45, 7) is 2.23. The number of amides is 3. The Morgan fingerprint density at radius 1 is 1.10 bits per heavy atom. The first-order valence-electron chi connectivity index (χ1n) is 8.84. The van der Waals surface area contributed by atoms with Gasteiger partial charge in [-0.05, 0) is 48.4 Å². The molecule has 0 atom stereocenters. The van der Waals surface area contributed by atoms with Crippen LogP contribution in [0.1, 0.15) is 18.9 Å². The fraction of sp³-hybridized carbons (Fsp3) is 0.190. The van der Waals surface area contributed by atoms with Crippen molar-refractivity contribution in [3.8, 4) is 11.8 Å². The number of ether oxygens (including phenoxy) is 1. The van der Waals surface area contributed by atoms with E-state index >= 15 is 0 Å². The lowest BCUT2D eigenvalue weighted by Crippen LogP contribution is -2.36. The zero-order valence-electron chi connectivity index (χ0n) is 16.1. The summed E-state index contributed by atoms with van der Waals surface area (Å²) in [5, 5.41) is 17.8. The van der Waals surface area contributed by atoms with E-state index in [9.17, 15) is 14.9 Å². The lowest BCUT2D eigenvalue weighted by atomic mass is 10.1. The van der Waals surface area contributed by atoms with Crippen LogP contribution in [0.25, 0.3) is 0 Å². The van der Waals surface area contributed by atoms with Gasteiger partial charge in [-0.3, -0.25) is 10.1 Å². The summed E-state index contributed by atoms with van der Waals surface area (Å²) in [4.78, 5) is 24.5. The molecule has 0 aliphatic carbocycles. The first-order chi connectivity index (χ1) is 14.0. The van der Waals surface area contributed by atoms with Crippen molar-refractivity contribution >= 4 is 29.2 Å². The van der Waals surface area contributed by atoms with E-state index in [0.29, 0.717) is 35.1 Å². The number of nitrogens with one attached hydrogen (secondary N) is 3. The number of allylic oxidation sites excluding steroid dienone is 1. The molecule has 3 amide bonds. The normalized spacial score (nSPS) is 11.0. The lowest BCUT2D eigenvalue weighted by molar-refractivity contribution is -0.116. The summed E-state index contributed by atoms with van der Waals surface area (Å²) >= 11 is 5.87. The molecule has 2 rings (SSSR count). The maximum absolute atomic E-state index is 12.4. The number of nitrogens with zero attached hydrogens (tertiary/aromatic N) is 1. The highest BCUT2D eigenvalue weighted by Crippen LogP contribution is 2.15. The summed E-state index contributed by atoms with van der Waals surface area (Å²) in [6.07, 6.45) is 0.421. The molecule has 0 bridgehead atoms. The van der Waals surface area contributed by atoms with Crippen molar-refractivity contribution in [1.82, 2.24) is 10.6 Å². The van der Waals surface area contributed by atoms with Crippen molar-refractivity contribution in [3.05, 3.63) is 70.4 Å². The van der Waals surface area contributed by atoms with Gasteiger partial charge in [0.2, 0.25) is 0 Å². The summed E-state index contributed by atoms with van der Waals surface area (Å²) in [5.41, 5.74) is 1.72. The summed E-state index contributed by atoms with van der Waals surface area (Å²) in [7, 11) is 1.54. The second kappa shape index (κ2) is 10.7. The number of rotatable bonds is 7. The SMILES string of the molecule is CC/C(NCc1ccc(Cl)cc1)=C(\C#N)C(=O)NC(=O)Nc1ccc(OC)cc1. The molecule has 0 aliphatic heterocycles. The molecule has 0 unspecified atom stereocenters. The van der Waals surface area contributed by atoms with E-state index in [2.05, 4.69) is 16.0 Å². The van der Waals surface area contributed by atoms with Crippen LogP contribution in [0.3, 0.4) is 0 Å². The van der Waals surface area contributed by atoms with E-state index in [1.54, 1.807) is 36.4 Å². The molecule has 0 heterocycles. The zero-order chi connectivity index (χ0) is 21.2. The van der Waals surface area contributed by atoms with Crippen LogP contribution >= 0.6 is 11.6 Å². The van der Waals surface area contributed by atoms with Gasteiger partial charge in [0.15, 0.2) is 0 Å². The Morgan fingerprint density at radius 2 is 1.76 bits per heavy atom. The topological polar surface area (TPSA) is 103 Å². The minimum absolute atomic E-state index is 0.147. The Kier molecular flexibility index (Phi) is 8.07. The van der Waals surface area contributed by atoms with Crippen molar-refractivity contribution in [1.29, 1.82) is 5.26 Å². The van der Waals surface area contributed by atoms with Gasteiger partial charge in [-0.1, -0.05) is 30.7 Å². The van der Waals surface area contributed by atoms with Crippen LogP contribution in [-0.4, -0.2) is 19.0 Å². The fourth-order valence-electron chi connectivity index (χ4n) is 2.46. The van der Waals surface area contributed by atoms with Gasteiger partial charge in [0.05, 0.1) is 7.11 Å². The molecule has 0 aliphatic rings. The average molecular weight is 413 g/mol. The van der Waals surface area contributed by atoms with Gasteiger partial charge in [0, 0.05) is 23.0 Å². The molecule has 0 aromatic heterocycles. The van der Waals surface area contributed by atoms with Gasteiger partial charge >= 0.3 is 6.03 Å². The van der Waals surface area contributed by atoms with Gasteiger partial charge in [0.25, 0.3) is 5.91 Å². The number of nitriles is 1. The Bertz CT molecular complexity index is 932. The molecule has 2 aromatic carbocycles. The van der Waals surface area contributed by atoms with Crippen LogP contribution in [0.15, 0.2) is 59.8 Å². The molecule has 0 saturated carbocycles. The maximum atomic E-state index is 12.4. The van der Waals surface area contributed by atoms with Gasteiger partial charge < -0.3 is 15.4 Å². The van der Waals surface area contributed by atoms with E-state index in [1.165, 1.54) is 7.11 Å². The Balaban J connectivity index is 2.02. The van der Waals surface area contributed by atoms with Gasteiger partial charge in [-0.15, -0.1) is 0 Å². The first-order valence-corrected chi connectivity index (χ1v) is 9.22. The maximum Gasteiger partial charge on any atom is 0.326 e. The van der Waals surface area contributed by atoms with Gasteiger partial charge in [-0.25, -0.2) is 4.79 Å². The third-order valence-corrected chi connectivity index (χ3v) is 4.24. The Hall–Kier alpha value is -3.50. The first kappa shape index (κ1) is 21.8. The van der Waals surface area contributed by atoms with Crippen LogP contribution in [0.4, 0.5) is 10.5 Å². The summed E-state index contributed by atoms with van der Waals surface area (Å²) < 4.78 is 5.05. The largest absolute Gasteiger partial charge is 0.497 e. The Labute approximate surface area is 174 Å². The van der Waals surface area contributed by atoms with Crippen LogP contribution < -0.4 is 20.7 Å². The molecule has 7 nitrogen and oxygen atoms in total. The average Bonchev–Trinajstić information content (AvgIpc) is 2.72. The molecule has 150 valence electrons. The summed E-state index contributed by atoms with van der Waals surface area (Å²) in [6, 6.07) is 15.0. The molecular formula is C21H21ClN4O3. The molecule has 29 heavy (non-hydrogen) atoms. The minimum atomic E-state index is -0.779. The standard InChI is InChI=1S/C21H21ClN4O3/c1-3-19(24-13-14-4-6-15(22)7-5-14)18(12-23)20(27)26-21(28)25-16-8-10-17(29-2)11-9-16/h4-11,24H,3,13H2,1-2H3,(H2,25,26,27,28)/b19-18-. The van der Waals surface area contributed by atoms with Crippen LogP contribution in [0.5, 0.6) is 5.75 Å². The van der Waals surface area contributed by atoms with Crippen molar-refractivity contribution in [2.75, 3.05) is 12.4 Å². The van der Waals surface area contributed by atoms with Crippen LogP contribution in [0, 0.1) is 11.3 Å². The number of hydrogen-bond donors (Lipinski definition) is 3. The Morgan fingerprint density at radius 3 is 2.31 bits per heavy atom. The highest BCUT2D eigenvalue weighted by Gasteiger charge is 2.17. The van der Waals surface area contributed by atoms with Crippen molar-refractivity contribution < 1.29 is 14.3 Å². The molecule has 8 heteroatoms. The second-order valence-electron chi connectivity index (χ2n) is 5.94. The van der Waals surface area contributed by atoms with Crippen molar-refractivity contribution in [2.24, 2.45) is 0 Å². The lowest BCUT2D eigenvalue weighted by Gasteiger charge is -2.12. The number of benzene rings is 2.